The minimum atomic E-state index is -0.359. The Morgan fingerprint density at radius 3 is 1.82 bits per heavy atom. The summed E-state index contributed by atoms with van der Waals surface area (Å²) >= 11 is 0. The van der Waals surface area contributed by atoms with Crippen molar-refractivity contribution in [3.8, 4) is 0 Å². The maximum absolute atomic E-state index is 11.2. The first-order valence-corrected chi connectivity index (χ1v) is 10.8. The standard InChI is InChI=1S/C11H12O3.C10H16.C3H8O/c1-3-14-11(13)10-6-4-9(5-7-10)8(2)12;1-2-9-7-4-5-8(6-7)10(9)3-1;1-3-4-2/h4-7H,3H2,1-2H3;7-10H,1-6H2;3H2,1-2H3. The van der Waals surface area contributed by atoms with Crippen LogP contribution in [0, 0.1) is 23.7 Å². The van der Waals surface area contributed by atoms with Crippen LogP contribution in [0.2, 0.25) is 0 Å². The minimum absolute atomic E-state index is 0.0135. The van der Waals surface area contributed by atoms with E-state index in [-0.39, 0.29) is 11.8 Å². The molecular formula is C24H36O4. The molecule has 4 rings (SSSR count). The van der Waals surface area contributed by atoms with E-state index in [1.807, 2.05) is 6.92 Å². The highest BCUT2D eigenvalue weighted by Crippen LogP contribution is 2.58. The predicted octanol–water partition coefficient (Wildman–Crippen LogP) is 5.55. The summed E-state index contributed by atoms with van der Waals surface area (Å²) in [7, 11) is 1.68. The SMILES string of the molecule is C1CC2C3CCC(C3)C2C1.CCOC.CCOC(=O)c1ccc(C(C)=O)cc1. The molecule has 0 spiro atoms. The summed E-state index contributed by atoms with van der Waals surface area (Å²) in [6.45, 7) is 6.37. The number of hydrogen-bond donors (Lipinski definition) is 0. The minimum Gasteiger partial charge on any atom is -0.462 e. The van der Waals surface area contributed by atoms with E-state index in [1.54, 1.807) is 76.8 Å². The molecule has 4 unspecified atom stereocenters. The van der Waals surface area contributed by atoms with Gasteiger partial charge in [-0.1, -0.05) is 18.6 Å². The number of ether oxygens (including phenoxy) is 2. The molecule has 3 aliphatic rings. The molecule has 0 saturated heterocycles. The molecule has 1 aromatic rings. The molecule has 1 aromatic carbocycles. The van der Waals surface area contributed by atoms with Gasteiger partial charge in [-0.3, -0.25) is 4.79 Å². The Morgan fingerprint density at radius 2 is 1.39 bits per heavy atom. The van der Waals surface area contributed by atoms with Crippen LogP contribution in [0.15, 0.2) is 24.3 Å². The number of carbonyl (C=O) groups excluding carboxylic acids is 2. The van der Waals surface area contributed by atoms with Gasteiger partial charge >= 0.3 is 5.97 Å². The number of methoxy groups -OCH3 is 1. The molecule has 0 aliphatic heterocycles. The fraction of sp³-hybridized carbons (Fsp3) is 0.667. The lowest BCUT2D eigenvalue weighted by molar-refractivity contribution is 0.0526. The molecule has 4 nitrogen and oxygen atoms in total. The Kier molecular flexibility index (Phi) is 9.17. The molecule has 0 aromatic heterocycles. The topological polar surface area (TPSA) is 52.6 Å². The monoisotopic (exact) mass is 388 g/mol. The lowest BCUT2D eigenvalue weighted by Gasteiger charge is -2.23. The highest BCUT2D eigenvalue weighted by molar-refractivity contribution is 5.96. The van der Waals surface area contributed by atoms with Crippen molar-refractivity contribution in [3.63, 3.8) is 0 Å². The fourth-order valence-electron chi connectivity index (χ4n) is 5.07. The second-order valence-corrected chi connectivity index (χ2v) is 8.02. The van der Waals surface area contributed by atoms with Gasteiger partial charge < -0.3 is 9.47 Å². The zero-order chi connectivity index (χ0) is 20.5. The molecule has 0 radical (unpaired) electrons. The van der Waals surface area contributed by atoms with Crippen molar-refractivity contribution in [1.29, 1.82) is 0 Å². The maximum atomic E-state index is 11.2. The molecule has 28 heavy (non-hydrogen) atoms. The van der Waals surface area contributed by atoms with E-state index >= 15 is 0 Å². The summed E-state index contributed by atoms with van der Waals surface area (Å²) in [6, 6.07) is 6.42. The summed E-state index contributed by atoms with van der Waals surface area (Å²) in [6.07, 6.45) is 9.53. The lowest BCUT2D eigenvalue weighted by atomic mass is 9.82. The van der Waals surface area contributed by atoms with Crippen molar-refractivity contribution in [3.05, 3.63) is 35.4 Å². The molecule has 156 valence electrons. The third-order valence-corrected chi connectivity index (χ3v) is 6.44. The van der Waals surface area contributed by atoms with Gasteiger partial charge in [-0.25, -0.2) is 4.79 Å². The average Bonchev–Trinajstić information content (AvgIpc) is 3.44. The van der Waals surface area contributed by atoms with Crippen molar-refractivity contribution in [1.82, 2.24) is 0 Å². The van der Waals surface area contributed by atoms with E-state index in [0.29, 0.717) is 17.7 Å². The Hall–Kier alpha value is -1.68. The summed E-state index contributed by atoms with van der Waals surface area (Å²) in [5.74, 6) is 4.43. The third-order valence-electron chi connectivity index (χ3n) is 6.44. The fourth-order valence-corrected chi connectivity index (χ4v) is 5.07. The molecule has 0 heterocycles. The highest BCUT2D eigenvalue weighted by Gasteiger charge is 2.48. The molecule has 3 fully saturated rings. The van der Waals surface area contributed by atoms with Gasteiger partial charge in [0.05, 0.1) is 12.2 Å². The first kappa shape index (κ1) is 22.6. The normalized spacial score (nSPS) is 26.4. The van der Waals surface area contributed by atoms with E-state index in [0.717, 1.165) is 6.61 Å². The number of benzene rings is 1. The van der Waals surface area contributed by atoms with Gasteiger partial charge in [-0.05, 0) is 88.7 Å². The van der Waals surface area contributed by atoms with E-state index in [4.69, 9.17) is 4.74 Å². The van der Waals surface area contributed by atoms with Gasteiger partial charge in [0.1, 0.15) is 0 Å². The van der Waals surface area contributed by atoms with Gasteiger partial charge in [-0.15, -0.1) is 0 Å². The average molecular weight is 389 g/mol. The molecular weight excluding hydrogens is 352 g/mol. The van der Waals surface area contributed by atoms with Crippen molar-refractivity contribution < 1.29 is 19.1 Å². The zero-order valence-electron chi connectivity index (χ0n) is 17.9. The van der Waals surface area contributed by atoms with E-state index in [2.05, 4.69) is 4.74 Å². The zero-order valence-corrected chi connectivity index (χ0v) is 17.9. The maximum Gasteiger partial charge on any atom is 0.338 e. The highest BCUT2D eigenvalue weighted by atomic mass is 16.5. The van der Waals surface area contributed by atoms with Crippen LogP contribution in [-0.4, -0.2) is 32.1 Å². The predicted molar refractivity (Wildman–Crippen MR) is 112 cm³/mol. The van der Waals surface area contributed by atoms with Crippen LogP contribution in [0.4, 0.5) is 0 Å². The first-order chi connectivity index (χ1) is 13.5. The summed E-state index contributed by atoms with van der Waals surface area (Å²) in [4.78, 5) is 22.2. The molecule has 0 N–H and O–H groups in total. The lowest BCUT2D eigenvalue weighted by Crippen LogP contribution is -2.15. The molecule has 4 heteroatoms. The van der Waals surface area contributed by atoms with Crippen LogP contribution < -0.4 is 0 Å². The van der Waals surface area contributed by atoms with Crippen LogP contribution in [0.1, 0.15) is 80.0 Å². The number of carbonyl (C=O) groups is 2. The largest absolute Gasteiger partial charge is 0.462 e. The number of esters is 1. The van der Waals surface area contributed by atoms with Crippen molar-refractivity contribution in [2.24, 2.45) is 23.7 Å². The first-order valence-electron chi connectivity index (χ1n) is 10.8. The Morgan fingerprint density at radius 1 is 0.893 bits per heavy atom. The Labute approximate surface area is 170 Å². The molecule has 3 saturated carbocycles. The van der Waals surface area contributed by atoms with Crippen LogP contribution >= 0.6 is 0 Å². The van der Waals surface area contributed by atoms with E-state index in [9.17, 15) is 9.59 Å². The summed E-state index contributed by atoms with van der Waals surface area (Å²) in [5.41, 5.74) is 1.06. The van der Waals surface area contributed by atoms with Crippen LogP contribution in [-0.2, 0) is 9.47 Å². The van der Waals surface area contributed by atoms with Crippen molar-refractivity contribution in [2.75, 3.05) is 20.3 Å². The van der Waals surface area contributed by atoms with Crippen molar-refractivity contribution >= 4 is 11.8 Å². The smallest absolute Gasteiger partial charge is 0.338 e. The quantitative estimate of drug-likeness (QED) is 0.501. The molecule has 4 atom stereocenters. The van der Waals surface area contributed by atoms with Gasteiger partial charge in [0.15, 0.2) is 5.78 Å². The second-order valence-electron chi connectivity index (χ2n) is 8.02. The Bertz CT molecular complexity index is 604. The summed E-state index contributed by atoms with van der Waals surface area (Å²) in [5, 5.41) is 0. The Balaban J connectivity index is 0.000000173. The molecule has 2 bridgehead atoms. The van der Waals surface area contributed by atoms with Crippen LogP contribution in [0.5, 0.6) is 0 Å². The molecule has 3 aliphatic carbocycles. The van der Waals surface area contributed by atoms with Gasteiger partial charge in [0.25, 0.3) is 0 Å². The van der Waals surface area contributed by atoms with E-state index < -0.39 is 0 Å². The van der Waals surface area contributed by atoms with Crippen molar-refractivity contribution in [2.45, 2.75) is 59.3 Å². The van der Waals surface area contributed by atoms with Crippen LogP contribution in [0.25, 0.3) is 0 Å². The van der Waals surface area contributed by atoms with E-state index in [1.165, 1.54) is 30.6 Å². The van der Waals surface area contributed by atoms with Gasteiger partial charge in [-0.2, -0.15) is 0 Å². The number of hydrogen-bond acceptors (Lipinski definition) is 4. The number of ketones is 1. The molecule has 0 amide bonds. The number of Topliss-reactive ketones (excluding diaryl/α,β-unsaturated/α-hetero) is 1. The van der Waals surface area contributed by atoms with Crippen LogP contribution in [0.3, 0.4) is 0 Å². The van der Waals surface area contributed by atoms with Gasteiger partial charge in [0.2, 0.25) is 0 Å². The van der Waals surface area contributed by atoms with Gasteiger partial charge in [0, 0.05) is 19.3 Å². The number of rotatable bonds is 4. The second kappa shape index (κ2) is 11.4. The summed E-state index contributed by atoms with van der Waals surface area (Å²) < 4.78 is 9.35. The third kappa shape index (κ3) is 5.91. The number of fused-ring (bicyclic) bond motifs is 5.